The van der Waals surface area contributed by atoms with Crippen molar-refractivity contribution in [3.05, 3.63) is 0 Å². The zero-order valence-electron chi connectivity index (χ0n) is 80.6. The Morgan fingerprint density at radius 2 is 0.571 bits per heavy atom. The molecule has 14 atom stereocenters. The molecule has 14 aliphatic heterocycles. The van der Waals surface area contributed by atoms with E-state index < -0.39 is 0 Å². The van der Waals surface area contributed by atoms with E-state index in [2.05, 4.69) is 298 Å². The van der Waals surface area contributed by atoms with E-state index in [0.717, 1.165) is 145 Å². The molecule has 14 aliphatic rings. The molecule has 664 valence electrons. The van der Waals surface area contributed by atoms with Gasteiger partial charge in [-0.1, -0.05) is 6.42 Å². The predicted octanol–water partition coefficient (Wildman–Crippen LogP) is 16.0. The molecule has 0 aromatic rings. The first-order chi connectivity index (χ1) is 51.3. The van der Waals surface area contributed by atoms with Crippen molar-refractivity contribution in [1.29, 1.82) is 0 Å². The Morgan fingerprint density at radius 3 is 0.812 bits per heavy atom. The van der Waals surface area contributed by atoms with Crippen molar-refractivity contribution in [2.45, 2.75) is 448 Å². The summed E-state index contributed by atoms with van der Waals surface area (Å²) in [6.45, 7) is 106. The molecule has 0 amide bonds. The van der Waals surface area contributed by atoms with Crippen molar-refractivity contribution in [3.63, 3.8) is 0 Å². The largest absolute Gasteiger partial charge is 0.379 e. The van der Waals surface area contributed by atoms with Crippen LogP contribution in [0.1, 0.15) is 307 Å². The summed E-state index contributed by atoms with van der Waals surface area (Å²) in [6, 6.07) is 3.96. The number of morpholine rings is 9. The van der Waals surface area contributed by atoms with E-state index in [4.69, 9.17) is 42.6 Å². The second-order valence-corrected chi connectivity index (χ2v) is 45.6. The quantitative estimate of drug-likeness (QED) is 0.229. The molecule has 19 nitrogen and oxygen atoms in total. The maximum absolute atomic E-state index is 5.78. The van der Waals surface area contributed by atoms with Crippen LogP contribution in [-0.2, 0) is 42.6 Å². The normalized spacial score (nSPS) is 32.6. The van der Waals surface area contributed by atoms with E-state index >= 15 is 0 Å². The number of nitrogens with zero attached hydrogens (tertiary/aromatic N) is 10. The number of hydrogen-bond acceptors (Lipinski definition) is 19. The molecular formula is C93H188N10O9. The fourth-order valence-corrected chi connectivity index (χ4v) is 18.9. The van der Waals surface area contributed by atoms with Gasteiger partial charge < -0.3 is 42.6 Å². The molecule has 0 aromatic carbocycles. The Labute approximate surface area is 693 Å². The topological polar surface area (TPSA) is 115 Å². The summed E-state index contributed by atoms with van der Waals surface area (Å²) in [4.78, 5) is 25.4. The first kappa shape index (κ1) is 102. The van der Waals surface area contributed by atoms with Crippen molar-refractivity contribution in [1.82, 2.24) is 49.0 Å². The first-order valence-electron chi connectivity index (χ1n) is 45.4. The maximum Gasteiger partial charge on any atom is 0.0718 e. The Balaban J connectivity index is 0.000000223. The average Bonchev–Trinajstić information content (AvgIpc) is 1.66. The predicted molar refractivity (Wildman–Crippen MR) is 471 cm³/mol. The third-order valence-electron chi connectivity index (χ3n) is 25.0. The molecule has 19 heteroatoms. The molecule has 0 N–H and O–H groups in total. The van der Waals surface area contributed by atoms with Crippen LogP contribution in [0.4, 0.5) is 0 Å². The van der Waals surface area contributed by atoms with Gasteiger partial charge in [0.05, 0.1) is 115 Å². The molecular weight excluding hydrogens is 1400 g/mol. The van der Waals surface area contributed by atoms with Gasteiger partial charge in [-0.05, 0) is 314 Å². The highest BCUT2D eigenvalue weighted by molar-refractivity contribution is 5.00. The van der Waals surface area contributed by atoms with Gasteiger partial charge in [-0.3, -0.25) is 49.0 Å². The Kier molecular flexibility index (Phi) is 39.8. The molecule has 14 heterocycles. The smallest absolute Gasteiger partial charge is 0.0718 e. The van der Waals surface area contributed by atoms with Crippen LogP contribution in [-0.4, -0.2) is 347 Å². The maximum atomic E-state index is 5.78. The van der Waals surface area contributed by atoms with Gasteiger partial charge in [0.15, 0.2) is 0 Å². The van der Waals surface area contributed by atoms with Crippen molar-refractivity contribution < 1.29 is 42.6 Å². The summed E-state index contributed by atoms with van der Waals surface area (Å²) in [7, 11) is 0. The molecule has 0 saturated carbocycles. The van der Waals surface area contributed by atoms with Crippen molar-refractivity contribution in [3.8, 4) is 0 Å². The summed E-state index contributed by atoms with van der Waals surface area (Å²) in [5.74, 6) is 0. The molecule has 0 aromatic heterocycles. The number of rotatable bonds is 0. The SMILES string of the molecule is CC(C)(C)N1C2CCC1COC2.CC(C)(C)N1CC2CC1CO2.CC(C)(C)N1CC2CC1CO2.CC(C)(C)N1CC2CCC(C1)O2.CC(C)(C)N1CCCCC1.C[C@@H]1CN(C(C)(C)C)CCO1.C[C@@H]1CN(C(C)(C)C)C[C@H](C)O1.C[C@@H]1COCCN1C(C)(C)C.C[C@H]1CN(C(C)(C)C)CCO1.C[C@H]1COCCN1C(C)(C)C. The van der Waals surface area contributed by atoms with Crippen LogP contribution >= 0.6 is 0 Å². The third kappa shape index (κ3) is 35.0. The molecule has 112 heavy (non-hydrogen) atoms. The van der Waals surface area contributed by atoms with Crippen LogP contribution in [0.2, 0.25) is 0 Å². The van der Waals surface area contributed by atoms with Gasteiger partial charge >= 0.3 is 0 Å². The molecule has 8 unspecified atom stereocenters. The standard InChI is InChI=1S/2C10H19NO.C10H21NO.2C9H17NO.4C9H19NO.C9H19N/c1-10(2,3)11-8-4-5-9(11)7-12-6-8;1-10(2,3)11-6-8-4-5-9(7-11)12-8;1-8-6-11(10(3,4)5)7-9(2)12-8;2*1-9(2,3)10-5-8-4-7(10)6-11-8;2*1-8-7-11-6-5-10(8)9(2,3)4;2*1-8-7-10(5-6-11-8)9(2,3)4;1-9(2,3)10-7-5-4-6-8-10/h2*8-9H,4-7H2,1-3H3;8-9H,6-7H2,1-5H3;2*7-8H,4-6H2,1-3H3;4*8H,5-7H2,1-4H3;4-8H2,1-3H3/t;;8-,9+;;;4*8-;/m.....1010./s1. The monoisotopic (exact) mass is 1590 g/mol. The second-order valence-electron chi connectivity index (χ2n) is 45.6. The van der Waals surface area contributed by atoms with Crippen molar-refractivity contribution >= 4 is 0 Å². The van der Waals surface area contributed by atoms with Crippen LogP contribution < -0.4 is 0 Å². The Morgan fingerprint density at radius 1 is 0.232 bits per heavy atom. The van der Waals surface area contributed by atoms with Gasteiger partial charge in [0, 0.05) is 170 Å². The Bertz CT molecular complexity index is 2410. The van der Waals surface area contributed by atoms with E-state index in [1.54, 1.807) is 0 Å². The van der Waals surface area contributed by atoms with Crippen LogP contribution in [0.5, 0.6) is 0 Å². The zero-order chi connectivity index (χ0) is 84.6. The lowest BCUT2D eigenvalue weighted by Crippen LogP contribution is -2.54. The van der Waals surface area contributed by atoms with Crippen LogP contribution in [0.25, 0.3) is 0 Å². The fourth-order valence-electron chi connectivity index (χ4n) is 18.9. The van der Waals surface area contributed by atoms with Crippen LogP contribution in [0.15, 0.2) is 0 Å². The van der Waals surface area contributed by atoms with Crippen LogP contribution in [0, 0.1) is 0 Å². The Hall–Kier alpha value is -0.760. The number of piperidine rings is 1. The number of hydrogen-bond donors (Lipinski definition) is 0. The molecule has 8 bridgehead atoms. The minimum absolute atomic E-state index is 0.284. The van der Waals surface area contributed by atoms with E-state index in [0.29, 0.717) is 135 Å². The molecule has 0 aliphatic carbocycles. The summed E-state index contributed by atoms with van der Waals surface area (Å²) < 4.78 is 49.7. The lowest BCUT2D eigenvalue weighted by Gasteiger charge is -2.44. The average molecular weight is 1590 g/mol. The molecule has 0 spiro atoms. The third-order valence-corrected chi connectivity index (χ3v) is 25.0. The summed E-state index contributed by atoms with van der Waals surface area (Å²) in [5, 5.41) is 0. The minimum Gasteiger partial charge on any atom is -0.379 e. The van der Waals surface area contributed by atoms with Crippen molar-refractivity contribution in [2.24, 2.45) is 0 Å². The van der Waals surface area contributed by atoms with Gasteiger partial charge in [0.2, 0.25) is 0 Å². The highest BCUT2D eigenvalue weighted by Crippen LogP contribution is 2.37. The minimum atomic E-state index is 0.284. The number of fused-ring (bicyclic) bond motifs is 8. The molecule has 14 fully saturated rings. The molecule has 0 radical (unpaired) electrons. The second kappa shape index (κ2) is 43.8. The van der Waals surface area contributed by atoms with Crippen molar-refractivity contribution in [2.75, 3.05) is 158 Å². The number of likely N-dealkylation sites (tertiary alicyclic amines) is 4. The van der Waals surface area contributed by atoms with Gasteiger partial charge in [-0.2, -0.15) is 0 Å². The van der Waals surface area contributed by atoms with Crippen LogP contribution in [0.3, 0.4) is 0 Å². The first-order valence-corrected chi connectivity index (χ1v) is 45.4. The van der Waals surface area contributed by atoms with Gasteiger partial charge in [-0.15, -0.1) is 0 Å². The zero-order valence-corrected chi connectivity index (χ0v) is 80.6. The highest BCUT2D eigenvalue weighted by Gasteiger charge is 2.46. The summed E-state index contributed by atoms with van der Waals surface area (Å²) >= 11 is 0. The van der Waals surface area contributed by atoms with Gasteiger partial charge in [0.25, 0.3) is 0 Å². The van der Waals surface area contributed by atoms with Gasteiger partial charge in [-0.25, -0.2) is 0 Å². The lowest BCUT2D eigenvalue weighted by atomic mass is 10.0. The highest BCUT2D eigenvalue weighted by atomic mass is 16.5. The summed E-state index contributed by atoms with van der Waals surface area (Å²) in [5.41, 5.74) is 3.21. The summed E-state index contributed by atoms with van der Waals surface area (Å²) in [6.07, 6.45) is 15.7. The van der Waals surface area contributed by atoms with E-state index in [1.165, 1.54) is 70.9 Å². The number of ether oxygens (including phenoxy) is 9. The van der Waals surface area contributed by atoms with E-state index in [9.17, 15) is 0 Å². The van der Waals surface area contributed by atoms with Gasteiger partial charge in [0.1, 0.15) is 0 Å². The molecule has 14 saturated heterocycles. The van der Waals surface area contributed by atoms with E-state index in [-0.39, 0.29) is 5.54 Å². The molecule has 14 rings (SSSR count). The fraction of sp³-hybridized carbons (Fsp3) is 1.00. The lowest BCUT2D eigenvalue weighted by molar-refractivity contribution is -0.0924. The van der Waals surface area contributed by atoms with E-state index in [1.807, 2.05) is 0 Å².